The SMILES string of the molecule is CC(C)(C)OC(=O)N1CCC[C@H]1c1nc2cc(C#Cc3ccc(-c4c[nH]c([C@@]5(C)CCCN5C(=O)OC(C)(C)C)n4)cc3)c(Cl)cc2[nH]1. The number of fused-ring (bicyclic) bond motifs is 1. The number of ether oxygens (including phenoxy) is 2. The molecule has 4 heterocycles. The maximum Gasteiger partial charge on any atom is 0.411 e. The molecule has 2 amide bonds. The molecule has 252 valence electrons. The Bertz CT molecular complexity index is 1910. The van der Waals surface area contributed by atoms with E-state index in [0.29, 0.717) is 29.5 Å². The summed E-state index contributed by atoms with van der Waals surface area (Å²) in [6, 6.07) is 11.4. The van der Waals surface area contributed by atoms with Gasteiger partial charge in [-0.1, -0.05) is 35.6 Å². The molecule has 0 radical (unpaired) electrons. The third-order valence-electron chi connectivity index (χ3n) is 8.65. The van der Waals surface area contributed by atoms with Crippen LogP contribution in [-0.2, 0) is 15.0 Å². The fraction of sp³-hybridized carbons (Fsp3) is 0.459. The molecule has 2 aromatic heterocycles. The molecule has 0 aliphatic carbocycles. The van der Waals surface area contributed by atoms with Crippen LogP contribution in [0.4, 0.5) is 9.59 Å². The molecule has 2 fully saturated rings. The average Bonchev–Trinajstić information content (AvgIpc) is 3.80. The van der Waals surface area contributed by atoms with Crippen molar-refractivity contribution in [2.45, 2.75) is 96.9 Å². The van der Waals surface area contributed by atoms with Gasteiger partial charge in [0.25, 0.3) is 0 Å². The molecule has 11 heteroatoms. The molecule has 48 heavy (non-hydrogen) atoms. The summed E-state index contributed by atoms with van der Waals surface area (Å²) in [6.07, 6.45) is 4.58. The van der Waals surface area contributed by atoms with Gasteiger partial charge in [0.2, 0.25) is 0 Å². The largest absolute Gasteiger partial charge is 0.444 e. The maximum atomic E-state index is 13.0. The highest BCUT2D eigenvalue weighted by atomic mass is 35.5. The van der Waals surface area contributed by atoms with Gasteiger partial charge in [-0.05, 0) is 98.4 Å². The number of likely N-dealkylation sites (tertiary alicyclic amines) is 2. The summed E-state index contributed by atoms with van der Waals surface area (Å²) in [5, 5.41) is 0.516. The number of carbonyl (C=O) groups excluding carboxylic acids is 2. The number of aromatic amines is 2. The van der Waals surface area contributed by atoms with Crippen molar-refractivity contribution in [3.8, 4) is 23.1 Å². The Morgan fingerprint density at radius 1 is 0.958 bits per heavy atom. The van der Waals surface area contributed by atoms with Crippen molar-refractivity contribution in [2.75, 3.05) is 13.1 Å². The monoisotopic (exact) mass is 670 g/mol. The van der Waals surface area contributed by atoms with Crippen molar-refractivity contribution >= 4 is 34.8 Å². The van der Waals surface area contributed by atoms with Gasteiger partial charge < -0.3 is 19.4 Å². The lowest BCUT2D eigenvalue weighted by Gasteiger charge is -2.34. The molecular weight excluding hydrogens is 628 g/mol. The van der Waals surface area contributed by atoms with Crippen LogP contribution in [0.2, 0.25) is 5.02 Å². The number of amides is 2. The number of nitrogens with one attached hydrogen (secondary N) is 2. The van der Waals surface area contributed by atoms with Crippen LogP contribution in [0.25, 0.3) is 22.3 Å². The van der Waals surface area contributed by atoms with E-state index in [1.807, 2.05) is 91.1 Å². The molecule has 0 unspecified atom stereocenters. The second kappa shape index (κ2) is 12.5. The number of rotatable bonds is 3. The average molecular weight is 671 g/mol. The topological polar surface area (TPSA) is 116 Å². The molecule has 0 spiro atoms. The second-order valence-electron chi connectivity index (χ2n) is 14.8. The number of imidazole rings is 2. The Kier molecular flexibility index (Phi) is 8.71. The number of benzene rings is 2. The number of nitrogens with zero attached hydrogens (tertiary/aromatic N) is 4. The summed E-state index contributed by atoms with van der Waals surface area (Å²) >= 11 is 6.65. The van der Waals surface area contributed by atoms with E-state index in [1.54, 1.807) is 9.80 Å². The van der Waals surface area contributed by atoms with E-state index in [4.69, 9.17) is 31.0 Å². The third-order valence-corrected chi connectivity index (χ3v) is 8.96. The Morgan fingerprint density at radius 2 is 1.67 bits per heavy atom. The van der Waals surface area contributed by atoms with Crippen molar-refractivity contribution < 1.29 is 19.1 Å². The van der Waals surface area contributed by atoms with Crippen LogP contribution in [0.3, 0.4) is 0 Å². The minimum Gasteiger partial charge on any atom is -0.444 e. The summed E-state index contributed by atoms with van der Waals surface area (Å²) in [5.74, 6) is 7.87. The van der Waals surface area contributed by atoms with Gasteiger partial charge in [-0.25, -0.2) is 19.6 Å². The molecule has 0 bridgehead atoms. The first kappa shape index (κ1) is 33.4. The Balaban J connectivity index is 1.17. The van der Waals surface area contributed by atoms with Crippen LogP contribution in [0.1, 0.15) is 103 Å². The van der Waals surface area contributed by atoms with Gasteiger partial charge in [0.05, 0.1) is 27.8 Å². The van der Waals surface area contributed by atoms with Gasteiger partial charge in [0.15, 0.2) is 0 Å². The molecule has 2 aliphatic rings. The van der Waals surface area contributed by atoms with E-state index in [0.717, 1.165) is 59.4 Å². The Hall–Kier alpha value is -4.49. The number of carbonyl (C=O) groups is 2. The summed E-state index contributed by atoms with van der Waals surface area (Å²) < 4.78 is 11.3. The highest BCUT2D eigenvalue weighted by molar-refractivity contribution is 6.32. The minimum atomic E-state index is -0.573. The first-order valence-electron chi connectivity index (χ1n) is 16.5. The molecule has 10 nitrogen and oxygen atoms in total. The zero-order valence-corrected chi connectivity index (χ0v) is 29.4. The number of halogens is 1. The summed E-state index contributed by atoms with van der Waals surface area (Å²) in [4.78, 5) is 45.7. The van der Waals surface area contributed by atoms with Gasteiger partial charge in [0.1, 0.15) is 28.4 Å². The van der Waals surface area contributed by atoms with Gasteiger partial charge in [-0.15, -0.1) is 0 Å². The van der Waals surface area contributed by atoms with Gasteiger partial charge in [-0.2, -0.15) is 0 Å². The lowest BCUT2D eigenvalue weighted by molar-refractivity contribution is 0.00858. The van der Waals surface area contributed by atoms with Crippen molar-refractivity contribution in [1.29, 1.82) is 0 Å². The molecule has 2 atom stereocenters. The number of hydrogen-bond donors (Lipinski definition) is 2. The van der Waals surface area contributed by atoms with Crippen LogP contribution in [0.15, 0.2) is 42.6 Å². The molecule has 2 aliphatic heterocycles. The van der Waals surface area contributed by atoms with Crippen molar-refractivity contribution in [1.82, 2.24) is 29.7 Å². The van der Waals surface area contributed by atoms with E-state index >= 15 is 0 Å². The van der Waals surface area contributed by atoms with Crippen LogP contribution < -0.4 is 0 Å². The zero-order chi connectivity index (χ0) is 34.4. The van der Waals surface area contributed by atoms with Crippen LogP contribution in [0, 0.1) is 11.8 Å². The molecule has 0 saturated carbocycles. The third kappa shape index (κ3) is 7.02. The quantitative estimate of drug-likeness (QED) is 0.212. The highest BCUT2D eigenvalue weighted by Crippen LogP contribution is 2.39. The van der Waals surface area contributed by atoms with E-state index in [9.17, 15) is 9.59 Å². The highest BCUT2D eigenvalue weighted by Gasteiger charge is 2.45. The number of H-pyrrole nitrogens is 2. The minimum absolute atomic E-state index is 0.186. The van der Waals surface area contributed by atoms with Crippen LogP contribution >= 0.6 is 11.6 Å². The number of aromatic nitrogens is 4. The molecule has 2 aromatic carbocycles. The molecule has 6 rings (SSSR count). The van der Waals surface area contributed by atoms with Crippen molar-refractivity contribution in [2.24, 2.45) is 0 Å². The first-order valence-corrected chi connectivity index (χ1v) is 16.9. The predicted octanol–water partition coefficient (Wildman–Crippen LogP) is 8.32. The second-order valence-corrected chi connectivity index (χ2v) is 15.2. The first-order chi connectivity index (χ1) is 22.6. The summed E-state index contributed by atoms with van der Waals surface area (Å²) in [6.45, 7) is 14.5. The summed E-state index contributed by atoms with van der Waals surface area (Å²) in [5.41, 5.74) is 3.03. The van der Waals surface area contributed by atoms with Crippen molar-refractivity contribution in [3.05, 3.63) is 70.4 Å². The van der Waals surface area contributed by atoms with Crippen LogP contribution in [0.5, 0.6) is 0 Å². The molecular formula is C37H43ClN6O4. The molecule has 2 N–H and O–H groups in total. The van der Waals surface area contributed by atoms with E-state index < -0.39 is 16.7 Å². The zero-order valence-electron chi connectivity index (χ0n) is 28.7. The normalized spacial score (nSPS) is 19.8. The maximum absolute atomic E-state index is 13.0. The molecule has 2 saturated heterocycles. The summed E-state index contributed by atoms with van der Waals surface area (Å²) in [7, 11) is 0. The van der Waals surface area contributed by atoms with E-state index in [-0.39, 0.29) is 18.2 Å². The lowest BCUT2D eigenvalue weighted by Crippen LogP contribution is -2.46. The van der Waals surface area contributed by atoms with Gasteiger partial charge >= 0.3 is 12.2 Å². The molecule has 4 aromatic rings. The number of hydrogen-bond acceptors (Lipinski definition) is 6. The predicted molar refractivity (Wildman–Crippen MR) is 186 cm³/mol. The van der Waals surface area contributed by atoms with Gasteiger partial charge in [-0.3, -0.25) is 9.80 Å². The van der Waals surface area contributed by atoms with Crippen LogP contribution in [-0.4, -0.2) is 66.2 Å². The fourth-order valence-corrected chi connectivity index (χ4v) is 6.53. The smallest absolute Gasteiger partial charge is 0.411 e. The fourth-order valence-electron chi connectivity index (χ4n) is 6.32. The Morgan fingerprint density at radius 3 is 2.38 bits per heavy atom. The van der Waals surface area contributed by atoms with Gasteiger partial charge in [0, 0.05) is 36.0 Å². The van der Waals surface area contributed by atoms with E-state index in [2.05, 4.69) is 21.8 Å². The van der Waals surface area contributed by atoms with Crippen molar-refractivity contribution in [3.63, 3.8) is 0 Å². The standard InChI is InChI=1S/C37H43ClN6O4/c1-35(2,3)47-33(45)43-18-8-10-30(43)31-40-27-20-25(26(38)21-28(27)41-31)16-13-23-11-14-24(15-12-23)29-22-39-32(42-29)37(7)17-9-19-44(37)34(46)48-36(4,5)6/h11-12,14-15,20-22,30H,8-10,17-19H2,1-7H3,(H,39,42)(H,40,41)/t30-,37+/m0/s1. The lowest BCUT2D eigenvalue weighted by atomic mass is 9.98. The van der Waals surface area contributed by atoms with E-state index in [1.165, 1.54) is 0 Å². The Labute approximate surface area is 286 Å².